The summed E-state index contributed by atoms with van der Waals surface area (Å²) in [6, 6.07) is 0. The number of ether oxygens (including phenoxy) is 1. The third-order valence-electron chi connectivity index (χ3n) is 2.34. The number of carbonyl (C=O) groups excluding carboxylic acids is 1. The molecule has 1 aromatic rings. The van der Waals surface area contributed by atoms with Crippen LogP contribution in [0.5, 0.6) is 0 Å². The van der Waals surface area contributed by atoms with Crippen LogP contribution in [0.15, 0.2) is 0 Å². The predicted molar refractivity (Wildman–Crippen MR) is 49.7 cm³/mol. The number of esters is 1. The lowest BCUT2D eigenvalue weighted by Gasteiger charge is -2.03. The van der Waals surface area contributed by atoms with Crippen molar-refractivity contribution in [2.45, 2.75) is 20.0 Å². The van der Waals surface area contributed by atoms with Gasteiger partial charge in [-0.05, 0) is 6.92 Å². The van der Waals surface area contributed by atoms with Crippen LogP contribution in [0.1, 0.15) is 28.9 Å². The molecule has 0 amide bonds. The van der Waals surface area contributed by atoms with E-state index in [4.69, 9.17) is 4.74 Å². The van der Waals surface area contributed by atoms with Crippen molar-refractivity contribution < 1.29 is 9.53 Å². The highest BCUT2D eigenvalue weighted by Gasteiger charge is 2.23. The Morgan fingerprint density at radius 1 is 1.64 bits per heavy atom. The number of hydrogen-bond donors (Lipinski definition) is 1. The van der Waals surface area contributed by atoms with Crippen LogP contribution in [0, 0.1) is 0 Å². The first-order valence-corrected chi connectivity index (χ1v) is 4.66. The lowest BCUT2D eigenvalue weighted by atomic mass is 10.4. The molecule has 0 saturated carbocycles. The summed E-state index contributed by atoms with van der Waals surface area (Å²) in [5, 5.41) is 3.17. The van der Waals surface area contributed by atoms with Crippen LogP contribution in [0.3, 0.4) is 0 Å². The van der Waals surface area contributed by atoms with Crippen molar-refractivity contribution in [1.82, 2.24) is 14.9 Å². The number of nitrogens with zero attached hydrogens (tertiary/aromatic N) is 2. The highest BCUT2D eigenvalue weighted by Crippen LogP contribution is 2.15. The highest BCUT2D eigenvalue weighted by molar-refractivity contribution is 5.85. The molecule has 14 heavy (non-hydrogen) atoms. The number of rotatable bonds is 2. The highest BCUT2D eigenvalue weighted by atomic mass is 16.5. The quantitative estimate of drug-likeness (QED) is 0.685. The molecule has 76 valence electrons. The topological polar surface area (TPSA) is 56.1 Å². The summed E-state index contributed by atoms with van der Waals surface area (Å²) in [5.41, 5.74) is 2.03. The average Bonchev–Trinajstić information content (AvgIpc) is 2.69. The van der Waals surface area contributed by atoms with Gasteiger partial charge in [-0.3, -0.25) is 0 Å². The minimum Gasteiger partial charge on any atom is -0.460 e. The molecule has 1 N–H and O–H groups in total. The Labute approximate surface area is 82.1 Å². The fraction of sp³-hybridized carbons (Fsp3) is 0.556. The van der Waals surface area contributed by atoms with Gasteiger partial charge in [0.1, 0.15) is 0 Å². The Bertz CT molecular complexity index is 370. The minimum absolute atomic E-state index is 0.343. The van der Waals surface area contributed by atoms with Crippen molar-refractivity contribution in [2.24, 2.45) is 7.05 Å². The molecule has 0 fully saturated rings. The van der Waals surface area contributed by atoms with E-state index in [2.05, 4.69) is 10.3 Å². The third-order valence-corrected chi connectivity index (χ3v) is 2.34. The maximum absolute atomic E-state index is 11.4. The summed E-state index contributed by atoms with van der Waals surface area (Å²) in [6.45, 7) is 3.69. The first-order chi connectivity index (χ1) is 6.74. The van der Waals surface area contributed by atoms with Crippen LogP contribution in [-0.4, -0.2) is 22.1 Å². The van der Waals surface area contributed by atoms with E-state index in [1.807, 2.05) is 7.05 Å². The molecule has 0 aromatic carbocycles. The summed E-state index contributed by atoms with van der Waals surface area (Å²) < 4.78 is 6.70. The van der Waals surface area contributed by atoms with Gasteiger partial charge in [-0.2, -0.15) is 0 Å². The van der Waals surface area contributed by atoms with Crippen LogP contribution >= 0.6 is 0 Å². The van der Waals surface area contributed by atoms with Gasteiger partial charge in [0.05, 0.1) is 18.0 Å². The molecule has 1 aliphatic rings. The van der Waals surface area contributed by atoms with E-state index in [0.717, 1.165) is 24.5 Å². The van der Waals surface area contributed by atoms with Gasteiger partial charge in [-0.25, -0.2) is 9.78 Å². The second-order valence-corrected chi connectivity index (χ2v) is 3.21. The zero-order valence-electron chi connectivity index (χ0n) is 8.33. The largest absolute Gasteiger partial charge is 0.460 e. The Balaban J connectivity index is 2.32. The third kappa shape index (κ3) is 1.29. The smallest absolute Gasteiger partial charge is 0.374 e. The Kier molecular flexibility index (Phi) is 2.25. The van der Waals surface area contributed by atoms with E-state index in [0.29, 0.717) is 12.4 Å². The van der Waals surface area contributed by atoms with Gasteiger partial charge < -0.3 is 14.6 Å². The summed E-state index contributed by atoms with van der Waals surface area (Å²) in [7, 11) is 1.84. The predicted octanol–water partition coefficient (Wildman–Crippen LogP) is 0.200. The fourth-order valence-electron chi connectivity index (χ4n) is 1.63. The van der Waals surface area contributed by atoms with Crippen LogP contribution in [-0.2, 0) is 24.9 Å². The van der Waals surface area contributed by atoms with Crippen LogP contribution in [0.2, 0.25) is 0 Å². The molecule has 0 atom stereocenters. The van der Waals surface area contributed by atoms with Gasteiger partial charge >= 0.3 is 5.97 Å². The van der Waals surface area contributed by atoms with E-state index in [9.17, 15) is 4.79 Å². The summed E-state index contributed by atoms with van der Waals surface area (Å²) >= 11 is 0. The molecule has 2 heterocycles. The van der Waals surface area contributed by atoms with E-state index in [-0.39, 0.29) is 5.97 Å². The van der Waals surface area contributed by atoms with Crippen LogP contribution < -0.4 is 5.32 Å². The molecule has 2 rings (SSSR count). The fourth-order valence-corrected chi connectivity index (χ4v) is 1.63. The number of imidazole rings is 1. The van der Waals surface area contributed by atoms with Gasteiger partial charge in [0.2, 0.25) is 5.82 Å². The zero-order valence-corrected chi connectivity index (χ0v) is 8.33. The maximum atomic E-state index is 11.4. The van der Waals surface area contributed by atoms with Gasteiger partial charge in [0, 0.05) is 20.1 Å². The van der Waals surface area contributed by atoms with E-state index >= 15 is 0 Å². The van der Waals surface area contributed by atoms with Crippen LogP contribution in [0.4, 0.5) is 0 Å². The van der Waals surface area contributed by atoms with Crippen molar-refractivity contribution in [3.05, 3.63) is 17.2 Å². The Morgan fingerprint density at radius 3 is 3.07 bits per heavy atom. The molecule has 0 radical (unpaired) electrons. The Morgan fingerprint density at radius 2 is 2.43 bits per heavy atom. The molecule has 5 nitrogen and oxygen atoms in total. The monoisotopic (exact) mass is 195 g/mol. The van der Waals surface area contributed by atoms with E-state index in [1.165, 1.54) is 0 Å². The van der Waals surface area contributed by atoms with Crippen molar-refractivity contribution in [2.75, 3.05) is 6.61 Å². The molecule has 5 heteroatoms. The van der Waals surface area contributed by atoms with Crippen molar-refractivity contribution in [1.29, 1.82) is 0 Å². The van der Waals surface area contributed by atoms with E-state index in [1.54, 1.807) is 11.5 Å². The van der Waals surface area contributed by atoms with Gasteiger partial charge in [0.25, 0.3) is 0 Å². The first kappa shape index (κ1) is 9.21. The molecule has 0 unspecified atom stereocenters. The summed E-state index contributed by atoms with van der Waals surface area (Å²) in [5.74, 6) is 0.0581. The minimum atomic E-state index is -0.343. The number of nitrogens with one attached hydrogen (secondary N) is 1. The summed E-state index contributed by atoms with van der Waals surface area (Å²) in [4.78, 5) is 15.7. The SMILES string of the molecule is CCOC(=O)c1nc2c(n1C)CNC2. The molecular weight excluding hydrogens is 182 g/mol. The zero-order chi connectivity index (χ0) is 10.1. The molecule has 1 aromatic heterocycles. The Hall–Kier alpha value is -1.36. The van der Waals surface area contributed by atoms with Crippen molar-refractivity contribution in [3.8, 4) is 0 Å². The number of carbonyl (C=O) groups is 1. The second-order valence-electron chi connectivity index (χ2n) is 3.21. The molecule has 0 saturated heterocycles. The van der Waals surface area contributed by atoms with Crippen molar-refractivity contribution in [3.63, 3.8) is 0 Å². The van der Waals surface area contributed by atoms with Gasteiger partial charge in [0.15, 0.2) is 0 Å². The number of fused-ring (bicyclic) bond motifs is 1. The van der Waals surface area contributed by atoms with Gasteiger partial charge in [-0.1, -0.05) is 0 Å². The molecule has 1 aliphatic heterocycles. The van der Waals surface area contributed by atoms with E-state index < -0.39 is 0 Å². The lowest BCUT2D eigenvalue weighted by molar-refractivity contribution is 0.0507. The maximum Gasteiger partial charge on any atom is 0.374 e. The van der Waals surface area contributed by atoms with Gasteiger partial charge in [-0.15, -0.1) is 0 Å². The lowest BCUT2D eigenvalue weighted by Crippen LogP contribution is -2.14. The molecular formula is C9H13N3O2. The molecule has 0 bridgehead atoms. The number of hydrogen-bond acceptors (Lipinski definition) is 4. The van der Waals surface area contributed by atoms with Crippen molar-refractivity contribution >= 4 is 5.97 Å². The summed E-state index contributed by atoms with van der Waals surface area (Å²) in [6.07, 6.45) is 0. The molecule has 0 aliphatic carbocycles. The van der Waals surface area contributed by atoms with Crippen LogP contribution in [0.25, 0.3) is 0 Å². The standard InChI is InChI=1S/C9H13N3O2/c1-3-14-9(13)8-11-6-4-10-5-7(6)12(8)2/h10H,3-5H2,1-2H3. The first-order valence-electron chi connectivity index (χ1n) is 4.66. The number of aromatic nitrogens is 2. The molecule has 0 spiro atoms. The average molecular weight is 195 g/mol. The second kappa shape index (κ2) is 3.42. The normalized spacial score (nSPS) is 14.1.